The molecule has 2 fully saturated rings. The Balaban J connectivity index is 1.72. The Kier molecular flexibility index (Phi) is 3.42. The van der Waals surface area contributed by atoms with E-state index in [4.69, 9.17) is 11.6 Å². The molecule has 1 aromatic heterocycles. The number of hydrogen-bond acceptors (Lipinski definition) is 3. The highest BCUT2D eigenvalue weighted by atomic mass is 35.5. The van der Waals surface area contributed by atoms with E-state index in [0.29, 0.717) is 10.6 Å². The van der Waals surface area contributed by atoms with Gasteiger partial charge in [0.25, 0.3) is 0 Å². The van der Waals surface area contributed by atoms with Crippen LogP contribution in [0.1, 0.15) is 50.4 Å². The monoisotopic (exact) mass is 279 g/mol. The first-order valence-corrected chi connectivity index (χ1v) is 7.79. The molecule has 2 aliphatic carbocycles. The standard InChI is InChI=1S/C15H22ClN3/c1-3-4-12-18-13(16)10(2)14(19-12)17-9-15(7-8-15)11-5-6-11/h11H,3-9H2,1-2H3,(H,17,18,19). The Hall–Kier alpha value is -0.830. The van der Waals surface area contributed by atoms with Crippen molar-refractivity contribution in [2.24, 2.45) is 11.3 Å². The third-order valence-electron chi connectivity index (χ3n) is 4.55. The molecule has 4 heteroatoms. The molecule has 0 radical (unpaired) electrons. The molecule has 0 spiro atoms. The minimum atomic E-state index is 0.578. The summed E-state index contributed by atoms with van der Waals surface area (Å²) in [6.07, 6.45) is 7.54. The fourth-order valence-electron chi connectivity index (χ4n) is 2.89. The van der Waals surface area contributed by atoms with Crippen molar-refractivity contribution in [2.75, 3.05) is 11.9 Å². The maximum Gasteiger partial charge on any atom is 0.137 e. The molecule has 3 nitrogen and oxygen atoms in total. The zero-order valence-electron chi connectivity index (χ0n) is 11.8. The van der Waals surface area contributed by atoms with E-state index in [2.05, 4.69) is 22.2 Å². The van der Waals surface area contributed by atoms with E-state index >= 15 is 0 Å². The summed E-state index contributed by atoms with van der Waals surface area (Å²) >= 11 is 6.20. The largest absolute Gasteiger partial charge is 0.369 e. The Morgan fingerprint density at radius 2 is 2.05 bits per heavy atom. The Morgan fingerprint density at radius 1 is 1.32 bits per heavy atom. The van der Waals surface area contributed by atoms with Crippen molar-refractivity contribution >= 4 is 17.4 Å². The number of nitrogens with zero attached hydrogens (tertiary/aromatic N) is 2. The fraction of sp³-hybridized carbons (Fsp3) is 0.733. The van der Waals surface area contributed by atoms with Gasteiger partial charge in [-0.25, -0.2) is 9.97 Å². The van der Waals surface area contributed by atoms with Crippen LogP contribution in [0.3, 0.4) is 0 Å². The van der Waals surface area contributed by atoms with Gasteiger partial charge in [0.15, 0.2) is 0 Å². The maximum absolute atomic E-state index is 6.20. The molecular formula is C15H22ClN3. The van der Waals surface area contributed by atoms with Crippen LogP contribution in [0, 0.1) is 18.3 Å². The molecule has 19 heavy (non-hydrogen) atoms. The molecule has 0 bridgehead atoms. The highest BCUT2D eigenvalue weighted by Gasteiger charge is 2.53. The predicted octanol–water partition coefficient (Wildman–Crippen LogP) is 3.99. The summed E-state index contributed by atoms with van der Waals surface area (Å²) in [5, 5.41) is 4.14. The number of anilines is 1. The van der Waals surface area contributed by atoms with Gasteiger partial charge in [0, 0.05) is 18.5 Å². The first kappa shape index (κ1) is 13.2. The normalized spacial score (nSPS) is 20.4. The highest BCUT2D eigenvalue weighted by molar-refractivity contribution is 6.30. The number of nitrogens with one attached hydrogen (secondary N) is 1. The van der Waals surface area contributed by atoms with E-state index in [1.807, 2.05) is 6.92 Å². The third kappa shape index (κ3) is 2.71. The van der Waals surface area contributed by atoms with Gasteiger partial charge in [-0.05, 0) is 50.4 Å². The average molecular weight is 280 g/mol. The van der Waals surface area contributed by atoms with Crippen LogP contribution in [-0.4, -0.2) is 16.5 Å². The lowest BCUT2D eigenvalue weighted by molar-refractivity contribution is 0.466. The molecule has 0 unspecified atom stereocenters. The van der Waals surface area contributed by atoms with E-state index in [1.165, 1.54) is 25.7 Å². The quantitative estimate of drug-likeness (QED) is 0.800. The van der Waals surface area contributed by atoms with Gasteiger partial charge in [-0.15, -0.1) is 0 Å². The molecule has 0 aliphatic heterocycles. The predicted molar refractivity (Wildman–Crippen MR) is 78.7 cm³/mol. The van der Waals surface area contributed by atoms with Crippen LogP contribution in [0.25, 0.3) is 0 Å². The second kappa shape index (κ2) is 4.93. The molecular weight excluding hydrogens is 258 g/mol. The summed E-state index contributed by atoms with van der Waals surface area (Å²) in [6, 6.07) is 0. The van der Waals surface area contributed by atoms with Gasteiger partial charge in [0.1, 0.15) is 16.8 Å². The van der Waals surface area contributed by atoms with Crippen LogP contribution < -0.4 is 5.32 Å². The van der Waals surface area contributed by atoms with Crippen molar-refractivity contribution in [1.82, 2.24) is 9.97 Å². The molecule has 0 aromatic carbocycles. The molecule has 3 rings (SSSR count). The maximum atomic E-state index is 6.20. The molecule has 2 aliphatic rings. The van der Waals surface area contributed by atoms with E-state index in [1.54, 1.807) is 0 Å². The third-order valence-corrected chi connectivity index (χ3v) is 4.92. The zero-order chi connectivity index (χ0) is 13.5. The molecule has 1 heterocycles. The lowest BCUT2D eigenvalue weighted by atomic mass is 10.0. The van der Waals surface area contributed by atoms with Gasteiger partial charge in [0.2, 0.25) is 0 Å². The minimum Gasteiger partial charge on any atom is -0.369 e. The smallest absolute Gasteiger partial charge is 0.137 e. The Bertz CT molecular complexity index is 479. The van der Waals surface area contributed by atoms with Crippen LogP contribution in [0.5, 0.6) is 0 Å². The second-order valence-corrected chi connectivity index (χ2v) is 6.50. The molecule has 2 saturated carbocycles. The van der Waals surface area contributed by atoms with Crippen LogP contribution in [0.4, 0.5) is 5.82 Å². The van der Waals surface area contributed by atoms with Gasteiger partial charge >= 0.3 is 0 Å². The van der Waals surface area contributed by atoms with Crippen molar-refractivity contribution in [1.29, 1.82) is 0 Å². The first-order valence-electron chi connectivity index (χ1n) is 7.41. The van der Waals surface area contributed by atoms with Crippen molar-refractivity contribution < 1.29 is 0 Å². The van der Waals surface area contributed by atoms with Crippen molar-refractivity contribution in [3.8, 4) is 0 Å². The number of rotatable bonds is 6. The minimum absolute atomic E-state index is 0.578. The highest BCUT2D eigenvalue weighted by Crippen LogP contribution is 2.61. The fourth-order valence-corrected chi connectivity index (χ4v) is 3.07. The summed E-state index contributed by atoms with van der Waals surface area (Å²) in [4.78, 5) is 8.97. The van der Waals surface area contributed by atoms with Crippen molar-refractivity contribution in [2.45, 2.75) is 52.4 Å². The first-order chi connectivity index (χ1) is 9.14. The lowest BCUT2D eigenvalue weighted by Crippen LogP contribution is -2.19. The zero-order valence-corrected chi connectivity index (χ0v) is 12.6. The SMILES string of the molecule is CCCc1nc(Cl)c(C)c(NCC2(C3CC3)CC2)n1. The molecule has 0 atom stereocenters. The van der Waals surface area contributed by atoms with Crippen LogP contribution in [0.15, 0.2) is 0 Å². The Morgan fingerprint density at radius 3 is 2.63 bits per heavy atom. The van der Waals surface area contributed by atoms with Gasteiger partial charge in [-0.2, -0.15) is 0 Å². The van der Waals surface area contributed by atoms with Crippen molar-refractivity contribution in [3.63, 3.8) is 0 Å². The van der Waals surface area contributed by atoms with Gasteiger partial charge < -0.3 is 5.32 Å². The second-order valence-electron chi connectivity index (χ2n) is 6.14. The number of aryl methyl sites for hydroxylation is 1. The van der Waals surface area contributed by atoms with Crippen LogP contribution >= 0.6 is 11.6 Å². The average Bonchev–Trinajstić information content (AvgIpc) is 3.25. The van der Waals surface area contributed by atoms with E-state index in [-0.39, 0.29) is 0 Å². The van der Waals surface area contributed by atoms with E-state index in [9.17, 15) is 0 Å². The van der Waals surface area contributed by atoms with Gasteiger partial charge in [-0.3, -0.25) is 0 Å². The summed E-state index contributed by atoms with van der Waals surface area (Å²) in [7, 11) is 0. The summed E-state index contributed by atoms with van der Waals surface area (Å²) in [6.45, 7) is 5.19. The lowest BCUT2D eigenvalue weighted by Gasteiger charge is -2.17. The molecule has 1 N–H and O–H groups in total. The molecule has 1 aromatic rings. The number of halogens is 1. The molecule has 104 valence electrons. The van der Waals surface area contributed by atoms with E-state index < -0.39 is 0 Å². The molecule has 0 amide bonds. The number of hydrogen-bond donors (Lipinski definition) is 1. The number of aromatic nitrogens is 2. The van der Waals surface area contributed by atoms with E-state index in [0.717, 1.165) is 42.5 Å². The van der Waals surface area contributed by atoms with Crippen LogP contribution in [-0.2, 0) is 6.42 Å². The van der Waals surface area contributed by atoms with Crippen LogP contribution in [0.2, 0.25) is 5.15 Å². The molecule has 0 saturated heterocycles. The van der Waals surface area contributed by atoms with Gasteiger partial charge in [0.05, 0.1) is 0 Å². The van der Waals surface area contributed by atoms with Crippen molar-refractivity contribution in [3.05, 3.63) is 16.5 Å². The topological polar surface area (TPSA) is 37.8 Å². The summed E-state index contributed by atoms with van der Waals surface area (Å²) in [5.74, 6) is 2.76. The summed E-state index contributed by atoms with van der Waals surface area (Å²) < 4.78 is 0. The van der Waals surface area contributed by atoms with Gasteiger partial charge in [-0.1, -0.05) is 18.5 Å². The summed E-state index contributed by atoms with van der Waals surface area (Å²) in [5.41, 5.74) is 1.56. The Labute approximate surface area is 120 Å².